The summed E-state index contributed by atoms with van der Waals surface area (Å²) in [7, 11) is 0. The van der Waals surface area contributed by atoms with E-state index in [4.69, 9.17) is 27.7 Å². The molecule has 0 spiro atoms. The van der Waals surface area contributed by atoms with Crippen molar-refractivity contribution in [2.75, 3.05) is 0 Å². The van der Waals surface area contributed by atoms with Crippen LogP contribution in [0.2, 0.25) is 10.0 Å². The quantitative estimate of drug-likeness (QED) is 0.425. The monoisotopic (exact) mass is 491 g/mol. The molecule has 2 saturated heterocycles. The molecular formula is C19H16Cl2N3NaO5S. The normalized spacial score (nSPS) is 23.6. The van der Waals surface area contributed by atoms with Crippen molar-refractivity contribution in [3.05, 3.63) is 39.6 Å². The molecule has 3 atom stereocenters. The number of hydrogen-bond donors (Lipinski definition) is 1. The Labute approximate surface area is 214 Å². The molecule has 8 nitrogen and oxygen atoms in total. The fourth-order valence-electron chi connectivity index (χ4n) is 3.87. The van der Waals surface area contributed by atoms with Crippen LogP contribution in [0, 0.1) is 6.92 Å². The number of amides is 2. The average molecular weight is 492 g/mol. The van der Waals surface area contributed by atoms with Crippen molar-refractivity contribution in [2.45, 2.75) is 43.0 Å². The van der Waals surface area contributed by atoms with Crippen molar-refractivity contribution in [1.82, 2.24) is 15.4 Å². The molecule has 2 fully saturated rings. The molecule has 0 bridgehead atoms. The van der Waals surface area contributed by atoms with Crippen molar-refractivity contribution in [2.24, 2.45) is 0 Å². The molecule has 12 heteroatoms. The van der Waals surface area contributed by atoms with Crippen LogP contribution in [-0.4, -0.2) is 50.0 Å². The van der Waals surface area contributed by atoms with Crippen molar-refractivity contribution in [1.29, 1.82) is 0 Å². The first-order chi connectivity index (χ1) is 14.0. The third-order valence-electron chi connectivity index (χ3n) is 5.24. The Hall–Kier alpha value is -1.23. The molecule has 1 N–H and O–H groups in total. The maximum absolute atomic E-state index is 13.1. The zero-order valence-electron chi connectivity index (χ0n) is 17.1. The molecule has 0 saturated carbocycles. The van der Waals surface area contributed by atoms with Crippen molar-refractivity contribution < 1.29 is 53.6 Å². The molecule has 1 aromatic carbocycles. The number of aromatic nitrogens is 1. The predicted molar refractivity (Wildman–Crippen MR) is 109 cm³/mol. The van der Waals surface area contributed by atoms with Gasteiger partial charge in [-0.3, -0.25) is 9.59 Å². The van der Waals surface area contributed by atoms with Crippen LogP contribution in [0.15, 0.2) is 22.7 Å². The number of carboxylic acid groups (broad SMARTS) is 1. The predicted octanol–water partition coefficient (Wildman–Crippen LogP) is -1.13. The second-order valence-electron chi connectivity index (χ2n) is 7.59. The Morgan fingerprint density at radius 1 is 1.29 bits per heavy atom. The van der Waals surface area contributed by atoms with Gasteiger partial charge in [-0.05, 0) is 32.9 Å². The van der Waals surface area contributed by atoms with E-state index in [-0.39, 0.29) is 46.6 Å². The number of carboxylic acids is 1. The van der Waals surface area contributed by atoms with Gasteiger partial charge in [0.15, 0.2) is 0 Å². The van der Waals surface area contributed by atoms with Gasteiger partial charge >= 0.3 is 29.6 Å². The average Bonchev–Trinajstić information content (AvgIpc) is 3.14. The number of β-lactam (4-membered cyclic amide) rings is 1. The van der Waals surface area contributed by atoms with Gasteiger partial charge in [0.1, 0.15) is 28.4 Å². The molecule has 2 aliphatic rings. The Kier molecular flexibility index (Phi) is 6.78. The number of aliphatic carboxylic acids is 1. The molecule has 2 amide bonds. The fraction of sp³-hybridized carbons (Fsp3) is 0.368. The molecule has 2 aliphatic heterocycles. The summed E-state index contributed by atoms with van der Waals surface area (Å²) < 4.78 is 4.45. The van der Waals surface area contributed by atoms with E-state index in [2.05, 4.69) is 10.5 Å². The van der Waals surface area contributed by atoms with Crippen LogP contribution >= 0.6 is 35.0 Å². The van der Waals surface area contributed by atoms with E-state index in [1.165, 1.54) is 16.7 Å². The van der Waals surface area contributed by atoms with Crippen molar-refractivity contribution in [3.63, 3.8) is 0 Å². The number of halogens is 2. The van der Waals surface area contributed by atoms with E-state index < -0.39 is 40.0 Å². The molecule has 2 aromatic rings. The van der Waals surface area contributed by atoms with Crippen LogP contribution < -0.4 is 40.0 Å². The van der Waals surface area contributed by atoms with Gasteiger partial charge in [-0.1, -0.05) is 34.4 Å². The second-order valence-corrected chi connectivity index (χ2v) is 10.2. The van der Waals surface area contributed by atoms with Gasteiger partial charge in [-0.25, -0.2) is 0 Å². The number of aryl methyl sites for hydroxylation is 1. The number of thioether (sulfide) groups is 1. The van der Waals surface area contributed by atoms with Gasteiger partial charge in [0, 0.05) is 10.3 Å². The minimum Gasteiger partial charge on any atom is -0.548 e. The molecule has 1 aromatic heterocycles. The first kappa shape index (κ1) is 24.4. The molecule has 4 rings (SSSR count). The van der Waals surface area contributed by atoms with Crippen LogP contribution in [0.5, 0.6) is 0 Å². The van der Waals surface area contributed by atoms with Gasteiger partial charge in [-0.15, -0.1) is 11.8 Å². The number of carbonyl (C=O) groups is 3. The molecule has 0 aliphatic carbocycles. The SMILES string of the molecule is Cc1onc(-c2c(Cl)cccc2Cl)c1C(=O)N[C@H]1C(=O)N2[C@@H](C(=O)[O-])C(C)(C)S[C@@H]12.[Na+]. The van der Waals surface area contributed by atoms with E-state index >= 15 is 0 Å². The Morgan fingerprint density at radius 2 is 1.90 bits per heavy atom. The van der Waals surface area contributed by atoms with E-state index in [1.54, 1.807) is 39.0 Å². The summed E-state index contributed by atoms with van der Waals surface area (Å²) in [5, 5.41) is 18.2. The number of benzene rings is 1. The van der Waals surface area contributed by atoms with Gasteiger partial charge in [0.25, 0.3) is 5.91 Å². The van der Waals surface area contributed by atoms with Crippen molar-refractivity contribution >= 4 is 52.7 Å². The van der Waals surface area contributed by atoms with E-state index in [1.807, 2.05) is 0 Å². The minimum absolute atomic E-state index is 0. The number of rotatable bonds is 4. The maximum Gasteiger partial charge on any atom is 1.00 e. The third kappa shape index (κ3) is 3.89. The summed E-state index contributed by atoms with van der Waals surface area (Å²) in [5.74, 6) is -2.16. The van der Waals surface area contributed by atoms with Crippen LogP contribution in [0.25, 0.3) is 11.3 Å². The second kappa shape index (κ2) is 8.61. The third-order valence-corrected chi connectivity index (χ3v) is 7.44. The van der Waals surface area contributed by atoms with Crippen LogP contribution in [0.4, 0.5) is 0 Å². The van der Waals surface area contributed by atoms with Crippen LogP contribution in [0.1, 0.15) is 30.0 Å². The largest absolute Gasteiger partial charge is 1.00 e. The van der Waals surface area contributed by atoms with Crippen LogP contribution in [0.3, 0.4) is 0 Å². The Balaban J connectivity index is 0.00000272. The van der Waals surface area contributed by atoms with Crippen molar-refractivity contribution in [3.8, 4) is 11.3 Å². The Morgan fingerprint density at radius 3 is 2.48 bits per heavy atom. The summed E-state index contributed by atoms with van der Waals surface area (Å²) in [4.78, 5) is 38.5. The van der Waals surface area contributed by atoms with E-state index in [0.717, 1.165) is 0 Å². The summed E-state index contributed by atoms with van der Waals surface area (Å²) in [6, 6.07) is 2.94. The topological polar surface area (TPSA) is 116 Å². The first-order valence-corrected chi connectivity index (χ1v) is 10.6. The number of fused-ring (bicyclic) bond motifs is 1. The van der Waals surface area contributed by atoms with Crippen LogP contribution in [-0.2, 0) is 9.59 Å². The number of nitrogens with one attached hydrogen (secondary N) is 1. The van der Waals surface area contributed by atoms with Gasteiger partial charge in [0.05, 0.1) is 22.1 Å². The Bertz CT molecular complexity index is 1070. The molecule has 31 heavy (non-hydrogen) atoms. The summed E-state index contributed by atoms with van der Waals surface area (Å²) in [6.07, 6.45) is 0. The fourth-order valence-corrected chi connectivity index (χ4v) is 6.07. The van der Waals surface area contributed by atoms with E-state index in [9.17, 15) is 19.5 Å². The zero-order valence-corrected chi connectivity index (χ0v) is 21.4. The number of hydrogen-bond acceptors (Lipinski definition) is 7. The standard InChI is InChI=1S/C19H17Cl2N3O5S.Na/c1-7-10(12(23-29-7)11-8(20)5-4-6-9(11)21)15(25)22-13-16(26)24-14(18(27)28)19(2,3)30-17(13)24;/h4-6,13-14,17H,1-3H3,(H,22,25)(H,27,28);/q;+1/p-1/t13-,14-,17-;/m0./s1. The number of carbonyl (C=O) groups excluding carboxylic acids is 3. The number of nitrogens with zero attached hydrogens (tertiary/aromatic N) is 2. The summed E-state index contributed by atoms with van der Waals surface area (Å²) in [6.45, 7) is 5.01. The van der Waals surface area contributed by atoms with Gasteiger partial charge in [0.2, 0.25) is 5.91 Å². The zero-order chi connectivity index (χ0) is 22.0. The molecule has 158 valence electrons. The first-order valence-electron chi connectivity index (χ1n) is 8.97. The smallest absolute Gasteiger partial charge is 0.548 e. The molecule has 3 heterocycles. The molecule has 0 radical (unpaired) electrons. The van der Waals surface area contributed by atoms with E-state index in [0.29, 0.717) is 15.6 Å². The summed E-state index contributed by atoms with van der Waals surface area (Å²) in [5.41, 5.74) is 0.615. The van der Waals surface area contributed by atoms with Gasteiger partial charge < -0.3 is 24.6 Å². The minimum atomic E-state index is -1.32. The molecular weight excluding hydrogens is 476 g/mol. The molecule has 0 unspecified atom stereocenters. The maximum atomic E-state index is 13.1. The van der Waals surface area contributed by atoms with Gasteiger partial charge in [-0.2, -0.15) is 0 Å². The summed E-state index contributed by atoms with van der Waals surface area (Å²) >= 11 is 13.8.